The molecule has 0 radical (unpaired) electrons. The molecule has 4 fully saturated rings. The fourth-order valence-corrected chi connectivity index (χ4v) is 8.09. The summed E-state index contributed by atoms with van der Waals surface area (Å²) in [5.74, 6) is 5.36. The topological polar surface area (TPSA) is 111 Å². The number of rotatable bonds is 6. The monoisotopic (exact) mass is 534 g/mol. The number of phenolic OH excluding ortho intramolecular Hbond substituents is 2. The standard InChI is InChI=1S/C34H34N2O4/c35-29-11-9-27(16-31(29)37)39-25-5-1-22(2-6-25)33-23-14-20-13-21(15-23)19-34(33,18-20)24-3-7-26(8-4-24)40-28-10-12-30(36)32(38)17-28/h1-12,16-17,20-21,23,33,37-38H,13-15,18-19,35-36H2. The number of phenols is 2. The normalized spacial score (nSPS) is 26.5. The van der Waals surface area contributed by atoms with Gasteiger partial charge >= 0.3 is 0 Å². The van der Waals surface area contributed by atoms with Gasteiger partial charge in [0.2, 0.25) is 0 Å². The van der Waals surface area contributed by atoms with E-state index in [9.17, 15) is 10.2 Å². The molecule has 3 atom stereocenters. The van der Waals surface area contributed by atoms with E-state index in [0.29, 0.717) is 34.7 Å². The zero-order valence-corrected chi connectivity index (χ0v) is 22.3. The molecule has 0 spiro atoms. The molecule has 4 aliphatic carbocycles. The third kappa shape index (κ3) is 4.28. The van der Waals surface area contributed by atoms with Gasteiger partial charge < -0.3 is 31.2 Å². The van der Waals surface area contributed by atoms with Crippen LogP contribution in [0, 0.1) is 17.8 Å². The van der Waals surface area contributed by atoms with Crippen molar-refractivity contribution in [2.24, 2.45) is 17.8 Å². The molecule has 40 heavy (non-hydrogen) atoms. The van der Waals surface area contributed by atoms with E-state index in [0.717, 1.165) is 23.3 Å². The minimum absolute atomic E-state index is 0.0210. The Morgan fingerprint density at radius 1 is 0.600 bits per heavy atom. The van der Waals surface area contributed by atoms with Crippen LogP contribution in [-0.4, -0.2) is 10.2 Å². The lowest BCUT2D eigenvalue weighted by molar-refractivity contribution is -0.0280. The molecule has 8 rings (SSSR count). The molecule has 0 amide bonds. The minimum Gasteiger partial charge on any atom is -0.506 e. The van der Waals surface area contributed by atoms with Crippen LogP contribution in [0.4, 0.5) is 11.4 Å². The minimum atomic E-state index is 0.0210. The van der Waals surface area contributed by atoms with Gasteiger partial charge in [-0.05, 0) is 115 Å². The molecule has 204 valence electrons. The molecule has 0 saturated heterocycles. The number of benzene rings is 4. The summed E-state index contributed by atoms with van der Waals surface area (Å²) in [6.07, 6.45) is 6.44. The van der Waals surface area contributed by atoms with Gasteiger partial charge in [-0.1, -0.05) is 24.3 Å². The Kier molecular flexibility index (Phi) is 5.81. The Labute approximate surface area is 234 Å². The Morgan fingerprint density at radius 3 is 1.57 bits per heavy atom. The van der Waals surface area contributed by atoms with E-state index < -0.39 is 0 Å². The molecule has 4 saturated carbocycles. The quantitative estimate of drug-likeness (QED) is 0.149. The van der Waals surface area contributed by atoms with Crippen molar-refractivity contribution >= 4 is 11.4 Å². The maximum atomic E-state index is 9.94. The second-order valence-electron chi connectivity index (χ2n) is 12.0. The van der Waals surface area contributed by atoms with Crippen molar-refractivity contribution in [2.45, 2.75) is 43.4 Å². The molecule has 4 bridgehead atoms. The lowest BCUT2D eigenvalue weighted by Crippen LogP contribution is -2.53. The second-order valence-corrected chi connectivity index (χ2v) is 12.0. The van der Waals surface area contributed by atoms with E-state index >= 15 is 0 Å². The molecule has 6 nitrogen and oxygen atoms in total. The van der Waals surface area contributed by atoms with Gasteiger partial charge in [0, 0.05) is 17.5 Å². The number of aromatic hydroxyl groups is 2. The first-order valence-corrected chi connectivity index (χ1v) is 14.1. The summed E-state index contributed by atoms with van der Waals surface area (Å²) in [4.78, 5) is 0. The lowest BCUT2D eigenvalue weighted by atomic mass is 9.42. The van der Waals surface area contributed by atoms with Gasteiger partial charge in [-0.15, -0.1) is 0 Å². The average Bonchev–Trinajstić information content (AvgIpc) is 2.93. The van der Waals surface area contributed by atoms with Gasteiger partial charge in [0.15, 0.2) is 0 Å². The van der Waals surface area contributed by atoms with Gasteiger partial charge in [-0.3, -0.25) is 0 Å². The summed E-state index contributed by atoms with van der Waals surface area (Å²) in [7, 11) is 0. The van der Waals surface area contributed by atoms with Crippen molar-refractivity contribution in [3.8, 4) is 34.5 Å². The van der Waals surface area contributed by atoms with Gasteiger partial charge in [0.05, 0.1) is 11.4 Å². The lowest BCUT2D eigenvalue weighted by Gasteiger charge is -2.62. The molecule has 4 aromatic carbocycles. The van der Waals surface area contributed by atoms with Crippen molar-refractivity contribution in [3.05, 3.63) is 96.1 Å². The van der Waals surface area contributed by atoms with Crippen molar-refractivity contribution in [3.63, 3.8) is 0 Å². The Balaban J connectivity index is 1.17. The van der Waals surface area contributed by atoms with Crippen LogP contribution >= 0.6 is 0 Å². The summed E-state index contributed by atoms with van der Waals surface area (Å²) in [6, 6.07) is 27.0. The van der Waals surface area contributed by atoms with E-state index in [4.69, 9.17) is 20.9 Å². The van der Waals surface area contributed by atoms with E-state index in [1.54, 1.807) is 36.4 Å². The number of anilines is 2. The third-order valence-electron chi connectivity index (χ3n) is 9.46. The van der Waals surface area contributed by atoms with Crippen LogP contribution in [0.1, 0.15) is 49.1 Å². The molecule has 3 unspecified atom stereocenters. The van der Waals surface area contributed by atoms with E-state index in [2.05, 4.69) is 36.4 Å². The number of hydrogen-bond acceptors (Lipinski definition) is 6. The van der Waals surface area contributed by atoms with E-state index in [-0.39, 0.29) is 16.9 Å². The largest absolute Gasteiger partial charge is 0.506 e. The molecule has 0 aromatic heterocycles. The molecule has 0 heterocycles. The summed E-state index contributed by atoms with van der Waals surface area (Å²) >= 11 is 0. The number of nitrogen functional groups attached to an aromatic ring is 2. The van der Waals surface area contributed by atoms with Crippen LogP contribution in [0.5, 0.6) is 34.5 Å². The van der Waals surface area contributed by atoms with Crippen LogP contribution in [0.15, 0.2) is 84.9 Å². The fourth-order valence-electron chi connectivity index (χ4n) is 8.09. The van der Waals surface area contributed by atoms with Crippen molar-refractivity contribution < 1.29 is 19.7 Å². The molecular weight excluding hydrogens is 500 g/mol. The van der Waals surface area contributed by atoms with Crippen LogP contribution in [0.3, 0.4) is 0 Å². The fraction of sp³-hybridized carbons (Fsp3) is 0.294. The zero-order valence-electron chi connectivity index (χ0n) is 22.3. The molecular formula is C34H34N2O4. The molecule has 4 aliphatic rings. The third-order valence-corrected chi connectivity index (χ3v) is 9.46. The first-order valence-electron chi connectivity index (χ1n) is 14.1. The highest BCUT2D eigenvalue weighted by molar-refractivity contribution is 5.56. The van der Waals surface area contributed by atoms with Crippen LogP contribution in [-0.2, 0) is 5.41 Å². The van der Waals surface area contributed by atoms with Crippen molar-refractivity contribution in [1.29, 1.82) is 0 Å². The second kappa shape index (κ2) is 9.40. The van der Waals surface area contributed by atoms with Crippen molar-refractivity contribution in [1.82, 2.24) is 0 Å². The molecule has 0 aliphatic heterocycles. The average molecular weight is 535 g/mol. The predicted molar refractivity (Wildman–Crippen MR) is 156 cm³/mol. The predicted octanol–water partition coefficient (Wildman–Crippen LogP) is 7.71. The molecule has 6 heteroatoms. The SMILES string of the molecule is Nc1ccc(Oc2ccc(C3C4CC5CC(C4)CC3(c3ccc(Oc4ccc(N)c(O)c4)cc3)C5)cc2)cc1O. The van der Waals surface area contributed by atoms with E-state index in [1.165, 1.54) is 43.2 Å². The first kappa shape index (κ1) is 24.7. The van der Waals surface area contributed by atoms with Crippen LogP contribution < -0.4 is 20.9 Å². The summed E-state index contributed by atoms with van der Waals surface area (Å²) in [5, 5.41) is 19.9. The molecule has 4 aromatic rings. The highest BCUT2D eigenvalue weighted by atomic mass is 16.5. The van der Waals surface area contributed by atoms with Gasteiger partial charge in [0.25, 0.3) is 0 Å². The zero-order chi connectivity index (χ0) is 27.4. The molecule has 6 N–H and O–H groups in total. The van der Waals surface area contributed by atoms with Gasteiger partial charge in [0.1, 0.15) is 34.5 Å². The Bertz CT molecular complexity index is 1540. The highest BCUT2D eigenvalue weighted by Gasteiger charge is 2.57. The van der Waals surface area contributed by atoms with E-state index in [1.807, 2.05) is 12.1 Å². The first-order chi connectivity index (χ1) is 19.4. The van der Waals surface area contributed by atoms with Gasteiger partial charge in [-0.2, -0.15) is 0 Å². The Hall–Kier alpha value is -4.32. The maximum Gasteiger partial charge on any atom is 0.142 e. The highest BCUT2D eigenvalue weighted by Crippen LogP contribution is 2.66. The maximum absolute atomic E-state index is 9.94. The van der Waals surface area contributed by atoms with Crippen LogP contribution in [0.2, 0.25) is 0 Å². The summed E-state index contributed by atoms with van der Waals surface area (Å²) < 4.78 is 12.0. The number of hydrogen-bond donors (Lipinski definition) is 4. The van der Waals surface area contributed by atoms with Gasteiger partial charge in [-0.25, -0.2) is 0 Å². The van der Waals surface area contributed by atoms with Crippen LogP contribution in [0.25, 0.3) is 0 Å². The number of nitrogens with two attached hydrogens (primary N) is 2. The summed E-state index contributed by atoms with van der Waals surface area (Å²) in [5.41, 5.74) is 15.0. The Morgan fingerprint density at radius 2 is 1.07 bits per heavy atom. The summed E-state index contributed by atoms with van der Waals surface area (Å²) in [6.45, 7) is 0. The van der Waals surface area contributed by atoms with Crippen molar-refractivity contribution in [2.75, 3.05) is 11.5 Å². The smallest absolute Gasteiger partial charge is 0.142 e. The number of ether oxygens (including phenoxy) is 2.